The van der Waals surface area contributed by atoms with E-state index in [9.17, 15) is 14.0 Å². The van der Waals surface area contributed by atoms with Crippen LogP contribution in [0.15, 0.2) is 66.7 Å². The summed E-state index contributed by atoms with van der Waals surface area (Å²) in [4.78, 5) is 29.8. The Bertz CT molecular complexity index is 1160. The van der Waals surface area contributed by atoms with Gasteiger partial charge >= 0.3 is 0 Å². The van der Waals surface area contributed by atoms with E-state index in [1.165, 1.54) is 24.3 Å². The van der Waals surface area contributed by atoms with Gasteiger partial charge in [-0.25, -0.2) is 4.39 Å². The fourth-order valence-electron chi connectivity index (χ4n) is 3.66. The Kier molecular flexibility index (Phi) is 8.29. The molecule has 3 aromatic carbocycles. The minimum Gasteiger partial charge on any atom is -0.377 e. The van der Waals surface area contributed by atoms with E-state index in [-0.39, 0.29) is 23.7 Å². The third kappa shape index (κ3) is 5.94. The third-order valence-electron chi connectivity index (χ3n) is 5.75. The number of hydrogen-bond acceptors (Lipinski definition) is 3. The highest BCUT2D eigenvalue weighted by Gasteiger charge is 2.23. The Morgan fingerprint density at radius 2 is 1.71 bits per heavy atom. The molecule has 1 atom stereocenters. The fraction of sp³-hybridized carbons (Fsp3) is 0.259. The molecule has 34 heavy (non-hydrogen) atoms. The van der Waals surface area contributed by atoms with Gasteiger partial charge in [0.15, 0.2) is 0 Å². The van der Waals surface area contributed by atoms with Crippen molar-refractivity contribution >= 4 is 34.8 Å². The van der Waals surface area contributed by atoms with Crippen molar-refractivity contribution in [3.05, 3.63) is 94.3 Å². The van der Waals surface area contributed by atoms with Gasteiger partial charge in [0.2, 0.25) is 0 Å². The number of nitrogens with zero attached hydrogens (tertiary/aromatic N) is 2. The van der Waals surface area contributed by atoms with Gasteiger partial charge in [0.05, 0.1) is 10.6 Å². The van der Waals surface area contributed by atoms with Gasteiger partial charge < -0.3 is 15.1 Å². The second kappa shape index (κ2) is 11.2. The average Bonchev–Trinajstić information content (AvgIpc) is 2.82. The summed E-state index contributed by atoms with van der Waals surface area (Å²) < 4.78 is 13.4. The number of benzene rings is 3. The van der Waals surface area contributed by atoms with Gasteiger partial charge in [0.25, 0.3) is 11.8 Å². The van der Waals surface area contributed by atoms with Gasteiger partial charge in [-0.05, 0) is 73.5 Å². The maximum atomic E-state index is 13.4. The average molecular weight is 482 g/mol. The molecule has 0 saturated carbocycles. The van der Waals surface area contributed by atoms with E-state index >= 15 is 0 Å². The Labute approximate surface area is 205 Å². The van der Waals surface area contributed by atoms with Gasteiger partial charge in [0, 0.05) is 43.6 Å². The number of hydrogen-bond donors (Lipinski definition) is 1. The minimum absolute atomic E-state index is 0.0473. The summed E-state index contributed by atoms with van der Waals surface area (Å²) in [5.41, 5.74) is 3.21. The van der Waals surface area contributed by atoms with Crippen molar-refractivity contribution in [2.24, 2.45) is 0 Å². The highest BCUT2D eigenvalue weighted by molar-refractivity contribution is 6.34. The number of carbonyl (C=O) groups is 2. The molecule has 0 aliphatic heterocycles. The molecule has 178 valence electrons. The molecule has 0 aliphatic rings. The molecule has 2 amide bonds. The summed E-state index contributed by atoms with van der Waals surface area (Å²) in [7, 11) is 3.85. The normalized spacial score (nSPS) is 11.6. The van der Waals surface area contributed by atoms with Crippen LogP contribution in [-0.2, 0) is 6.54 Å². The number of carbonyl (C=O) groups excluding carboxylic acids is 2. The van der Waals surface area contributed by atoms with Crippen molar-refractivity contribution in [1.82, 2.24) is 4.90 Å². The lowest BCUT2D eigenvalue weighted by Gasteiger charge is -2.31. The maximum absolute atomic E-state index is 13.4. The molecule has 0 fully saturated rings. The van der Waals surface area contributed by atoms with Crippen LogP contribution >= 0.6 is 11.6 Å². The number of rotatable bonds is 8. The monoisotopic (exact) mass is 481 g/mol. The van der Waals surface area contributed by atoms with Crippen LogP contribution in [0, 0.1) is 5.82 Å². The van der Waals surface area contributed by atoms with Crippen LogP contribution in [0.25, 0.3) is 0 Å². The molecule has 0 aromatic heterocycles. The highest BCUT2D eigenvalue weighted by Crippen LogP contribution is 2.27. The second-order valence-corrected chi connectivity index (χ2v) is 8.78. The minimum atomic E-state index is -0.386. The van der Waals surface area contributed by atoms with Crippen LogP contribution in [0.4, 0.5) is 15.8 Å². The molecule has 3 aromatic rings. The van der Waals surface area contributed by atoms with Crippen molar-refractivity contribution in [3.63, 3.8) is 0 Å². The van der Waals surface area contributed by atoms with Crippen LogP contribution in [0.3, 0.4) is 0 Å². The zero-order chi connectivity index (χ0) is 24.8. The molecule has 0 radical (unpaired) electrons. The van der Waals surface area contributed by atoms with Crippen LogP contribution < -0.4 is 10.2 Å². The van der Waals surface area contributed by atoms with Gasteiger partial charge in [-0.2, -0.15) is 0 Å². The van der Waals surface area contributed by atoms with Crippen LogP contribution in [0.1, 0.15) is 46.5 Å². The molecule has 0 spiro atoms. The van der Waals surface area contributed by atoms with E-state index in [1.807, 2.05) is 51.0 Å². The summed E-state index contributed by atoms with van der Waals surface area (Å²) in [6, 6.07) is 18.0. The van der Waals surface area contributed by atoms with Crippen molar-refractivity contribution in [3.8, 4) is 0 Å². The van der Waals surface area contributed by atoms with Gasteiger partial charge in [-0.3, -0.25) is 9.59 Å². The van der Waals surface area contributed by atoms with Gasteiger partial charge in [0.1, 0.15) is 5.82 Å². The lowest BCUT2D eigenvalue weighted by atomic mass is 10.1. The standard InChI is InChI=1S/C27H29ClFN3O2/c1-5-18(2)32(27(34)19-10-12-21(29)13-11-19)17-20-16-22(14-15-25(20)31(3)4)30-26(33)23-8-6-7-9-24(23)28/h6-16,18H,5,17H2,1-4H3,(H,30,33)/t18-/m1/s1. The van der Waals surface area contributed by atoms with Crippen molar-refractivity contribution in [1.29, 1.82) is 0 Å². The maximum Gasteiger partial charge on any atom is 0.257 e. The molecule has 0 heterocycles. The predicted molar refractivity (Wildman–Crippen MR) is 136 cm³/mol. The molecule has 7 heteroatoms. The zero-order valence-corrected chi connectivity index (χ0v) is 20.6. The summed E-state index contributed by atoms with van der Waals surface area (Å²) in [5.74, 6) is -0.872. The molecule has 0 saturated heterocycles. The molecular formula is C27H29ClFN3O2. The molecule has 0 bridgehead atoms. The summed E-state index contributed by atoms with van der Waals surface area (Å²) >= 11 is 6.17. The third-order valence-corrected chi connectivity index (χ3v) is 6.08. The first kappa shape index (κ1) is 25.2. The first-order chi connectivity index (χ1) is 16.2. The van der Waals surface area contributed by atoms with E-state index in [2.05, 4.69) is 5.32 Å². The summed E-state index contributed by atoms with van der Waals surface area (Å²) in [6.07, 6.45) is 0.757. The SMILES string of the molecule is CC[C@@H](C)N(Cc1cc(NC(=O)c2ccccc2Cl)ccc1N(C)C)C(=O)c1ccc(F)cc1. The molecule has 0 aliphatic carbocycles. The Morgan fingerprint density at radius 3 is 2.32 bits per heavy atom. The van der Waals surface area contributed by atoms with E-state index in [4.69, 9.17) is 11.6 Å². The fourth-order valence-corrected chi connectivity index (χ4v) is 3.88. The van der Waals surface area contributed by atoms with E-state index in [1.54, 1.807) is 29.2 Å². The Balaban J connectivity index is 1.93. The molecule has 5 nitrogen and oxygen atoms in total. The topological polar surface area (TPSA) is 52.7 Å². The lowest BCUT2D eigenvalue weighted by Crippen LogP contribution is -2.38. The first-order valence-electron chi connectivity index (χ1n) is 11.1. The van der Waals surface area contributed by atoms with Crippen molar-refractivity contribution < 1.29 is 14.0 Å². The van der Waals surface area contributed by atoms with Crippen LogP contribution in [0.2, 0.25) is 5.02 Å². The van der Waals surface area contributed by atoms with Crippen LogP contribution in [-0.4, -0.2) is 36.9 Å². The van der Waals surface area contributed by atoms with E-state index < -0.39 is 0 Å². The molecular weight excluding hydrogens is 453 g/mol. The zero-order valence-electron chi connectivity index (χ0n) is 19.8. The number of nitrogens with one attached hydrogen (secondary N) is 1. The highest BCUT2D eigenvalue weighted by atomic mass is 35.5. The summed E-state index contributed by atoms with van der Waals surface area (Å²) in [5, 5.41) is 3.28. The van der Waals surface area contributed by atoms with Crippen molar-refractivity contribution in [2.45, 2.75) is 32.9 Å². The first-order valence-corrected chi connectivity index (χ1v) is 11.5. The van der Waals surface area contributed by atoms with Crippen LogP contribution in [0.5, 0.6) is 0 Å². The summed E-state index contributed by atoms with van der Waals surface area (Å²) in [6.45, 7) is 4.33. The second-order valence-electron chi connectivity index (χ2n) is 8.37. The van der Waals surface area contributed by atoms with E-state index in [0.29, 0.717) is 28.4 Å². The largest absolute Gasteiger partial charge is 0.377 e. The Morgan fingerprint density at radius 1 is 1.03 bits per heavy atom. The molecule has 3 rings (SSSR count). The van der Waals surface area contributed by atoms with Gasteiger partial charge in [-0.1, -0.05) is 30.7 Å². The van der Waals surface area contributed by atoms with Gasteiger partial charge in [-0.15, -0.1) is 0 Å². The van der Waals surface area contributed by atoms with Crippen molar-refractivity contribution in [2.75, 3.05) is 24.3 Å². The van der Waals surface area contributed by atoms with E-state index in [0.717, 1.165) is 17.7 Å². The predicted octanol–water partition coefficient (Wildman–Crippen LogP) is 6.24. The molecule has 0 unspecified atom stereocenters. The number of halogens is 2. The Hall–Kier alpha value is -3.38. The lowest BCUT2D eigenvalue weighted by molar-refractivity contribution is 0.0671. The number of anilines is 2. The molecule has 1 N–H and O–H groups in total. The quantitative estimate of drug-likeness (QED) is 0.414. The number of amides is 2. The smallest absolute Gasteiger partial charge is 0.257 e.